The second-order valence-electron chi connectivity index (χ2n) is 5.83. The summed E-state index contributed by atoms with van der Waals surface area (Å²) in [5, 5.41) is 8.65. The Kier molecular flexibility index (Phi) is 5.29. The molecule has 15 heavy (non-hydrogen) atoms. The van der Waals surface area contributed by atoms with E-state index in [2.05, 4.69) is 27.7 Å². The molecular formula is C12H24O3. The second kappa shape index (κ2) is 5.50. The van der Waals surface area contributed by atoms with Crippen molar-refractivity contribution in [2.24, 2.45) is 10.8 Å². The molecule has 0 saturated carbocycles. The minimum atomic E-state index is -0.715. The molecule has 3 nitrogen and oxygen atoms in total. The van der Waals surface area contributed by atoms with E-state index in [1.165, 1.54) is 0 Å². The number of methoxy groups -OCH3 is 1. The quantitative estimate of drug-likeness (QED) is 0.711. The molecule has 0 spiro atoms. The summed E-state index contributed by atoms with van der Waals surface area (Å²) in [4.78, 5) is 10.5. The molecule has 0 aromatic carbocycles. The fraction of sp³-hybridized carbons (Fsp3) is 0.917. The SMILES string of the molecule is COCC(C)(C)CC(C)(C)CCC(=O)O. The van der Waals surface area contributed by atoms with Gasteiger partial charge < -0.3 is 9.84 Å². The molecule has 0 aliphatic heterocycles. The van der Waals surface area contributed by atoms with Gasteiger partial charge in [0.15, 0.2) is 0 Å². The van der Waals surface area contributed by atoms with Gasteiger partial charge >= 0.3 is 5.97 Å². The van der Waals surface area contributed by atoms with E-state index in [1.807, 2.05) is 0 Å². The molecule has 0 aromatic heterocycles. The van der Waals surface area contributed by atoms with Crippen LogP contribution in [0.5, 0.6) is 0 Å². The van der Waals surface area contributed by atoms with E-state index in [9.17, 15) is 4.79 Å². The first-order valence-electron chi connectivity index (χ1n) is 5.39. The Labute approximate surface area is 92.8 Å². The zero-order valence-corrected chi connectivity index (χ0v) is 10.6. The monoisotopic (exact) mass is 216 g/mol. The van der Waals surface area contributed by atoms with Crippen molar-refractivity contribution in [3.63, 3.8) is 0 Å². The third-order valence-corrected chi connectivity index (χ3v) is 2.51. The Bertz CT molecular complexity index is 207. The van der Waals surface area contributed by atoms with Crippen LogP contribution >= 0.6 is 0 Å². The molecule has 3 heteroatoms. The van der Waals surface area contributed by atoms with Gasteiger partial charge in [0.2, 0.25) is 0 Å². The van der Waals surface area contributed by atoms with Gasteiger partial charge in [0.1, 0.15) is 0 Å². The summed E-state index contributed by atoms with van der Waals surface area (Å²) in [6.07, 6.45) is 1.94. The van der Waals surface area contributed by atoms with Crippen molar-refractivity contribution in [2.45, 2.75) is 47.0 Å². The van der Waals surface area contributed by atoms with E-state index in [-0.39, 0.29) is 17.3 Å². The molecule has 0 radical (unpaired) electrons. The lowest BCUT2D eigenvalue weighted by molar-refractivity contribution is -0.137. The van der Waals surface area contributed by atoms with Crippen LogP contribution < -0.4 is 0 Å². The Morgan fingerprint density at radius 3 is 2.13 bits per heavy atom. The predicted octanol–water partition coefficient (Wildman–Crippen LogP) is 2.94. The summed E-state index contributed by atoms with van der Waals surface area (Å²) in [7, 11) is 1.70. The van der Waals surface area contributed by atoms with Crippen LogP contribution in [0.25, 0.3) is 0 Å². The lowest BCUT2D eigenvalue weighted by Crippen LogP contribution is -2.27. The number of carboxylic acid groups (broad SMARTS) is 1. The van der Waals surface area contributed by atoms with Gasteiger partial charge in [-0.25, -0.2) is 0 Å². The first-order chi connectivity index (χ1) is 6.68. The summed E-state index contributed by atoms with van der Waals surface area (Å²) in [6.45, 7) is 9.25. The van der Waals surface area contributed by atoms with Crippen LogP contribution in [0.3, 0.4) is 0 Å². The fourth-order valence-electron chi connectivity index (χ4n) is 2.27. The molecule has 0 aliphatic rings. The van der Waals surface area contributed by atoms with E-state index in [0.717, 1.165) is 12.8 Å². The lowest BCUT2D eigenvalue weighted by atomic mass is 9.73. The highest BCUT2D eigenvalue weighted by Gasteiger charge is 2.29. The molecular weight excluding hydrogens is 192 g/mol. The molecule has 0 amide bonds. The van der Waals surface area contributed by atoms with Crippen molar-refractivity contribution in [1.29, 1.82) is 0 Å². The van der Waals surface area contributed by atoms with E-state index < -0.39 is 5.97 Å². The van der Waals surface area contributed by atoms with Crippen LogP contribution in [0.1, 0.15) is 47.0 Å². The van der Waals surface area contributed by atoms with Crippen molar-refractivity contribution < 1.29 is 14.6 Å². The molecule has 0 heterocycles. The first-order valence-corrected chi connectivity index (χ1v) is 5.39. The van der Waals surface area contributed by atoms with Gasteiger partial charge in [-0.2, -0.15) is 0 Å². The van der Waals surface area contributed by atoms with Gasteiger partial charge in [-0.1, -0.05) is 27.7 Å². The van der Waals surface area contributed by atoms with Crippen molar-refractivity contribution in [1.82, 2.24) is 0 Å². The third-order valence-electron chi connectivity index (χ3n) is 2.51. The highest BCUT2D eigenvalue weighted by atomic mass is 16.5. The summed E-state index contributed by atoms with van der Waals surface area (Å²) in [6, 6.07) is 0. The van der Waals surface area contributed by atoms with Crippen LogP contribution in [0.4, 0.5) is 0 Å². The molecule has 0 bridgehead atoms. The third kappa shape index (κ3) is 7.37. The molecule has 0 fully saturated rings. The molecule has 0 saturated heterocycles. The standard InChI is InChI=1S/C12H24O3/c1-11(2,7-6-10(13)14)8-12(3,4)9-15-5/h6-9H2,1-5H3,(H,13,14). The van der Waals surface area contributed by atoms with E-state index >= 15 is 0 Å². The molecule has 0 rings (SSSR count). The second-order valence-corrected chi connectivity index (χ2v) is 5.83. The van der Waals surface area contributed by atoms with Crippen molar-refractivity contribution in [3.05, 3.63) is 0 Å². The number of ether oxygens (including phenoxy) is 1. The molecule has 0 unspecified atom stereocenters. The van der Waals surface area contributed by atoms with E-state index in [1.54, 1.807) is 7.11 Å². The highest BCUT2D eigenvalue weighted by Crippen LogP contribution is 2.37. The number of aliphatic carboxylic acids is 1. The van der Waals surface area contributed by atoms with Crippen molar-refractivity contribution in [3.8, 4) is 0 Å². The van der Waals surface area contributed by atoms with E-state index in [0.29, 0.717) is 6.61 Å². The topological polar surface area (TPSA) is 46.5 Å². The smallest absolute Gasteiger partial charge is 0.303 e. The predicted molar refractivity (Wildman–Crippen MR) is 60.9 cm³/mol. The summed E-state index contributed by atoms with van der Waals surface area (Å²) >= 11 is 0. The van der Waals surface area contributed by atoms with Gasteiger partial charge in [-0.05, 0) is 23.7 Å². The largest absolute Gasteiger partial charge is 0.481 e. The van der Waals surface area contributed by atoms with Crippen molar-refractivity contribution in [2.75, 3.05) is 13.7 Å². The molecule has 90 valence electrons. The van der Waals surface area contributed by atoms with Gasteiger partial charge in [0, 0.05) is 13.5 Å². The van der Waals surface area contributed by atoms with Gasteiger partial charge in [0.25, 0.3) is 0 Å². The van der Waals surface area contributed by atoms with Crippen LogP contribution in [0, 0.1) is 10.8 Å². The Balaban J connectivity index is 4.16. The number of carboxylic acids is 1. The van der Waals surface area contributed by atoms with Crippen LogP contribution in [0.15, 0.2) is 0 Å². The lowest BCUT2D eigenvalue weighted by Gasteiger charge is -2.34. The Hall–Kier alpha value is -0.570. The zero-order valence-electron chi connectivity index (χ0n) is 10.6. The fourth-order valence-corrected chi connectivity index (χ4v) is 2.27. The van der Waals surface area contributed by atoms with Gasteiger partial charge in [0.05, 0.1) is 6.61 Å². The Morgan fingerprint density at radius 2 is 1.73 bits per heavy atom. The number of carbonyl (C=O) groups is 1. The summed E-state index contributed by atoms with van der Waals surface area (Å²) in [5.41, 5.74) is 0.164. The minimum absolute atomic E-state index is 0.0560. The van der Waals surface area contributed by atoms with Gasteiger partial charge in [-0.3, -0.25) is 4.79 Å². The average molecular weight is 216 g/mol. The van der Waals surface area contributed by atoms with E-state index in [4.69, 9.17) is 9.84 Å². The number of hydrogen-bond donors (Lipinski definition) is 1. The van der Waals surface area contributed by atoms with Crippen LogP contribution in [-0.2, 0) is 9.53 Å². The average Bonchev–Trinajstić information content (AvgIpc) is 1.98. The van der Waals surface area contributed by atoms with Gasteiger partial charge in [-0.15, -0.1) is 0 Å². The molecule has 0 aliphatic carbocycles. The summed E-state index contributed by atoms with van der Waals surface area (Å²) < 4.78 is 5.16. The normalized spacial score (nSPS) is 12.9. The molecule has 1 N–H and O–H groups in total. The Morgan fingerprint density at radius 1 is 1.20 bits per heavy atom. The molecule has 0 aromatic rings. The summed E-state index contributed by atoms with van der Waals surface area (Å²) in [5.74, 6) is -0.715. The van der Waals surface area contributed by atoms with Crippen LogP contribution in [0.2, 0.25) is 0 Å². The molecule has 0 atom stereocenters. The zero-order chi connectivity index (χ0) is 12.1. The maximum Gasteiger partial charge on any atom is 0.303 e. The number of rotatable bonds is 7. The highest BCUT2D eigenvalue weighted by molar-refractivity contribution is 5.66. The van der Waals surface area contributed by atoms with Crippen LogP contribution in [-0.4, -0.2) is 24.8 Å². The maximum absolute atomic E-state index is 10.5. The first kappa shape index (κ1) is 14.4. The minimum Gasteiger partial charge on any atom is -0.481 e. The maximum atomic E-state index is 10.5. The number of hydrogen-bond acceptors (Lipinski definition) is 2. The van der Waals surface area contributed by atoms with Crippen molar-refractivity contribution >= 4 is 5.97 Å².